The van der Waals surface area contributed by atoms with Crippen LogP contribution in [0.4, 0.5) is 0 Å². The van der Waals surface area contributed by atoms with Gasteiger partial charge in [-0.3, -0.25) is 0 Å². The van der Waals surface area contributed by atoms with Crippen molar-refractivity contribution in [1.29, 1.82) is 5.41 Å². The van der Waals surface area contributed by atoms with Crippen molar-refractivity contribution in [3.8, 4) is 0 Å². The molecule has 1 N–H and O–H groups in total. The highest BCUT2D eigenvalue weighted by molar-refractivity contribution is 5.15. The van der Waals surface area contributed by atoms with Gasteiger partial charge in [0.05, 0.1) is 0 Å². The first-order valence-corrected chi connectivity index (χ1v) is 1.50. The third kappa shape index (κ3) is 647. The van der Waals surface area contributed by atoms with Gasteiger partial charge >= 0.3 is 0 Å². The third-order valence-corrected chi connectivity index (χ3v) is 0.167. The zero-order chi connectivity index (χ0) is 5.41. The van der Waals surface area contributed by atoms with Crippen LogP contribution < -0.4 is 0 Å². The Labute approximate surface area is 38.5 Å². The molecule has 0 aliphatic rings. The molecule has 0 saturated carbocycles. The highest BCUT2D eigenvalue weighted by Crippen LogP contribution is 1.52. The van der Waals surface area contributed by atoms with Gasteiger partial charge < -0.3 is 5.41 Å². The molecule has 34 valence electrons. The molecular formula is C5H9N. The topological polar surface area (TPSA) is 23.9 Å². The van der Waals surface area contributed by atoms with Crippen LogP contribution in [0.3, 0.4) is 0 Å². The Kier molecular flexibility index (Phi) is 46.4. The molecule has 0 fully saturated rings. The Morgan fingerprint density at radius 1 is 1.00 bits per heavy atom. The van der Waals surface area contributed by atoms with Gasteiger partial charge in [0.15, 0.2) is 0 Å². The molecule has 6 heavy (non-hydrogen) atoms. The molecule has 1 nitrogen and oxygen atoms in total. The van der Waals surface area contributed by atoms with Gasteiger partial charge in [0, 0.05) is 0 Å². The van der Waals surface area contributed by atoms with Crippen LogP contribution >= 0.6 is 0 Å². The first-order chi connectivity index (χ1) is 2.91. The van der Waals surface area contributed by atoms with Crippen LogP contribution in [-0.4, -0.2) is 6.72 Å². The van der Waals surface area contributed by atoms with Crippen LogP contribution in [0, 0.1) is 5.41 Å². The smallest absolute Gasteiger partial charge is 0.0187 e. The molecule has 0 amide bonds. The van der Waals surface area contributed by atoms with Gasteiger partial charge in [-0.2, -0.15) is 0 Å². The third-order valence-electron chi connectivity index (χ3n) is 0.167. The van der Waals surface area contributed by atoms with Crippen LogP contribution in [-0.2, 0) is 0 Å². The predicted octanol–water partition coefficient (Wildman–Crippen LogP) is 1.62. The molecule has 0 spiro atoms. The van der Waals surface area contributed by atoms with Crippen LogP contribution in [0.2, 0.25) is 0 Å². The molecule has 0 atom stereocenters. The summed E-state index contributed by atoms with van der Waals surface area (Å²) in [4.78, 5) is 0. The molecule has 0 aromatic rings. The fourth-order valence-corrected chi connectivity index (χ4v) is 0. The van der Waals surface area contributed by atoms with E-state index in [0.29, 0.717) is 0 Å². The maximum Gasteiger partial charge on any atom is -0.0187 e. The van der Waals surface area contributed by atoms with Gasteiger partial charge in [0.25, 0.3) is 0 Å². The molecule has 0 radical (unpaired) electrons. The van der Waals surface area contributed by atoms with Crippen LogP contribution in [0.5, 0.6) is 0 Å². The van der Waals surface area contributed by atoms with E-state index in [1.807, 2.05) is 0 Å². The lowest BCUT2D eigenvalue weighted by Crippen LogP contribution is -1.21. The zero-order valence-electron chi connectivity index (χ0n) is 3.78. The fourth-order valence-electron chi connectivity index (χ4n) is 0. The maximum absolute atomic E-state index is 5.50. The average molecular weight is 83.1 g/mol. The van der Waals surface area contributed by atoms with Crippen molar-refractivity contribution in [2.45, 2.75) is 0 Å². The van der Waals surface area contributed by atoms with Gasteiger partial charge in [0.2, 0.25) is 0 Å². The number of allylic oxidation sites excluding steroid dienone is 2. The molecule has 0 aliphatic heterocycles. The second-order valence-electron chi connectivity index (χ2n) is 0.471. The number of nitrogens with one attached hydrogen (secondary N) is 1. The molecule has 0 aliphatic carbocycles. The fraction of sp³-hybridized carbons (Fsp3) is 0. The molecule has 0 rings (SSSR count). The van der Waals surface area contributed by atoms with Crippen LogP contribution in [0.25, 0.3) is 0 Å². The van der Waals surface area contributed by atoms with Crippen molar-refractivity contribution in [1.82, 2.24) is 0 Å². The second-order valence-corrected chi connectivity index (χ2v) is 0.471. The van der Waals surface area contributed by atoms with E-state index in [2.05, 4.69) is 19.9 Å². The molecule has 0 aromatic carbocycles. The number of rotatable bonds is 1. The normalized spacial score (nSPS) is 4.00. The molecule has 0 bridgehead atoms. The van der Waals surface area contributed by atoms with Crippen molar-refractivity contribution in [2.24, 2.45) is 0 Å². The first-order valence-electron chi connectivity index (χ1n) is 1.50. The van der Waals surface area contributed by atoms with E-state index < -0.39 is 0 Å². The zero-order valence-corrected chi connectivity index (χ0v) is 3.78. The summed E-state index contributed by atoms with van der Waals surface area (Å²) in [5.41, 5.74) is 0. The van der Waals surface area contributed by atoms with Gasteiger partial charge in [-0.05, 0) is 6.72 Å². The number of hydrogen-bond acceptors (Lipinski definition) is 1. The first kappa shape index (κ1) is 8.94. The average Bonchev–Trinajstić information content (AvgIpc) is 1.72. The summed E-state index contributed by atoms with van der Waals surface area (Å²) >= 11 is 0. The Balaban J connectivity index is 0. The number of hydrogen-bond donors (Lipinski definition) is 1. The highest BCUT2D eigenvalue weighted by atomic mass is 14.2. The lowest BCUT2D eigenvalue weighted by molar-refractivity contribution is 1.61. The second kappa shape index (κ2) is 31.1. The van der Waals surface area contributed by atoms with E-state index in [1.165, 1.54) is 0 Å². The van der Waals surface area contributed by atoms with E-state index in [1.54, 1.807) is 12.2 Å². The minimum absolute atomic E-state index is 1.64. The van der Waals surface area contributed by atoms with Crippen molar-refractivity contribution in [3.05, 3.63) is 25.3 Å². The standard InChI is InChI=1S/C4H6.CH3N/c1-3-4-2;1-2/h3-4H,1-2H2;2H,1H2. The van der Waals surface area contributed by atoms with Gasteiger partial charge in [-0.1, -0.05) is 25.3 Å². The van der Waals surface area contributed by atoms with Crippen LogP contribution in [0.15, 0.2) is 25.3 Å². The largest absolute Gasteiger partial charge is 0.317 e. The van der Waals surface area contributed by atoms with Crippen molar-refractivity contribution < 1.29 is 0 Å². The summed E-state index contributed by atoms with van der Waals surface area (Å²) in [6.07, 6.45) is 3.28. The SMILES string of the molecule is C=CC=C.C=N. The van der Waals surface area contributed by atoms with E-state index in [0.717, 1.165) is 0 Å². The quantitative estimate of drug-likeness (QED) is 0.368. The maximum atomic E-state index is 5.50. The summed E-state index contributed by atoms with van der Waals surface area (Å²) in [6, 6.07) is 0. The Morgan fingerprint density at radius 3 is 1.17 bits per heavy atom. The summed E-state index contributed by atoms with van der Waals surface area (Å²) in [5.74, 6) is 0. The Bertz CT molecular complexity index is 33.2. The van der Waals surface area contributed by atoms with E-state index in [9.17, 15) is 0 Å². The molecular weight excluding hydrogens is 74.1 g/mol. The summed E-state index contributed by atoms with van der Waals surface area (Å²) in [7, 11) is 0. The lowest BCUT2D eigenvalue weighted by atomic mass is 10.6. The summed E-state index contributed by atoms with van der Waals surface area (Å²) in [6.45, 7) is 9.22. The monoisotopic (exact) mass is 83.1 g/mol. The Hall–Kier alpha value is -0.850. The van der Waals surface area contributed by atoms with Crippen molar-refractivity contribution in [2.75, 3.05) is 0 Å². The van der Waals surface area contributed by atoms with Crippen molar-refractivity contribution >= 4 is 6.72 Å². The summed E-state index contributed by atoms with van der Waals surface area (Å²) in [5, 5.41) is 5.50. The van der Waals surface area contributed by atoms with Gasteiger partial charge in [-0.15, -0.1) is 0 Å². The minimum atomic E-state index is 1.64. The summed E-state index contributed by atoms with van der Waals surface area (Å²) < 4.78 is 0. The van der Waals surface area contributed by atoms with E-state index in [4.69, 9.17) is 5.41 Å². The Morgan fingerprint density at radius 2 is 1.17 bits per heavy atom. The molecule has 0 unspecified atom stereocenters. The van der Waals surface area contributed by atoms with E-state index >= 15 is 0 Å². The van der Waals surface area contributed by atoms with Crippen molar-refractivity contribution in [3.63, 3.8) is 0 Å². The van der Waals surface area contributed by atoms with Gasteiger partial charge in [-0.25, -0.2) is 0 Å². The van der Waals surface area contributed by atoms with Crippen LogP contribution in [0.1, 0.15) is 0 Å². The highest BCUT2D eigenvalue weighted by Gasteiger charge is 1.29. The molecule has 0 aromatic heterocycles. The molecule has 0 heterocycles. The molecule has 0 saturated heterocycles. The van der Waals surface area contributed by atoms with E-state index in [-0.39, 0.29) is 0 Å². The lowest BCUT2D eigenvalue weighted by Gasteiger charge is -1.44. The minimum Gasteiger partial charge on any atom is -0.317 e. The molecule has 1 heteroatoms. The predicted molar refractivity (Wildman–Crippen MR) is 30.2 cm³/mol. The van der Waals surface area contributed by atoms with Gasteiger partial charge in [0.1, 0.15) is 0 Å².